The molecule has 0 aliphatic carbocycles. The Labute approximate surface area is 138 Å². The van der Waals surface area contributed by atoms with Crippen LogP contribution in [0.1, 0.15) is 43.4 Å². The topological polar surface area (TPSA) is 32.3 Å². The first-order valence-corrected chi connectivity index (χ1v) is 7.93. The largest absolute Gasteiger partial charge is 0.409 e. The average Bonchev–Trinajstić information content (AvgIpc) is 2.91. The normalized spacial score (nSPS) is 17.5. The van der Waals surface area contributed by atoms with Crippen LogP contribution in [0.4, 0.5) is 13.2 Å². The molecule has 3 nitrogen and oxygen atoms in total. The number of benzene rings is 2. The second kappa shape index (κ2) is 6.09. The molecule has 1 N–H and O–H groups in total. The standard InChI is InChI=1S/C18H19F3N2O/c1-11(2)14-5-3-4-12-6-7-13(10-15(12)14)17(18(19,20)21)23-9-8-16(24)22-23/h3-7,10-11,17H,8-9H2,1-2H3,(H,22,24). The van der Waals surface area contributed by atoms with Crippen LogP contribution in [-0.4, -0.2) is 23.6 Å². The summed E-state index contributed by atoms with van der Waals surface area (Å²) < 4.78 is 41.0. The van der Waals surface area contributed by atoms with E-state index in [1.54, 1.807) is 12.1 Å². The lowest BCUT2D eigenvalue weighted by molar-refractivity contribution is -0.191. The van der Waals surface area contributed by atoms with Crippen molar-refractivity contribution in [2.24, 2.45) is 0 Å². The van der Waals surface area contributed by atoms with Crippen molar-refractivity contribution in [1.29, 1.82) is 0 Å². The molecule has 1 aliphatic rings. The molecule has 0 spiro atoms. The number of amides is 1. The van der Waals surface area contributed by atoms with Crippen LogP contribution in [0.15, 0.2) is 36.4 Å². The van der Waals surface area contributed by atoms with E-state index in [1.807, 2.05) is 32.0 Å². The van der Waals surface area contributed by atoms with Crippen LogP contribution in [0.25, 0.3) is 10.8 Å². The zero-order chi connectivity index (χ0) is 17.5. The maximum absolute atomic E-state index is 13.7. The Morgan fingerprint density at radius 2 is 1.92 bits per heavy atom. The van der Waals surface area contributed by atoms with Crippen molar-refractivity contribution >= 4 is 16.7 Å². The molecule has 2 aromatic rings. The van der Waals surface area contributed by atoms with Gasteiger partial charge < -0.3 is 0 Å². The monoisotopic (exact) mass is 336 g/mol. The molecular weight excluding hydrogens is 317 g/mol. The number of carbonyl (C=O) groups excluding carboxylic acids is 1. The second-order valence-electron chi connectivity index (χ2n) is 6.41. The van der Waals surface area contributed by atoms with Crippen LogP contribution in [0.2, 0.25) is 0 Å². The molecule has 1 heterocycles. The fraction of sp³-hybridized carbons (Fsp3) is 0.389. The summed E-state index contributed by atoms with van der Waals surface area (Å²) in [5.41, 5.74) is 3.48. The first-order valence-electron chi connectivity index (χ1n) is 7.93. The van der Waals surface area contributed by atoms with Gasteiger partial charge in [-0.1, -0.05) is 44.2 Å². The van der Waals surface area contributed by atoms with Crippen molar-refractivity contribution in [2.45, 2.75) is 38.4 Å². The number of hydrogen-bond donors (Lipinski definition) is 1. The molecule has 1 saturated heterocycles. The molecule has 128 valence electrons. The van der Waals surface area contributed by atoms with Gasteiger partial charge in [0.25, 0.3) is 0 Å². The number of halogens is 3. The number of hydrazine groups is 1. The summed E-state index contributed by atoms with van der Waals surface area (Å²) in [5, 5.41) is 2.72. The third-order valence-corrected chi connectivity index (χ3v) is 4.35. The van der Waals surface area contributed by atoms with Crippen LogP contribution >= 0.6 is 0 Å². The van der Waals surface area contributed by atoms with Crippen molar-refractivity contribution in [3.8, 4) is 0 Å². The van der Waals surface area contributed by atoms with Crippen molar-refractivity contribution in [1.82, 2.24) is 10.4 Å². The zero-order valence-corrected chi connectivity index (χ0v) is 13.5. The van der Waals surface area contributed by atoms with Gasteiger partial charge in [0.05, 0.1) is 0 Å². The Hall–Kier alpha value is -2.08. The third-order valence-electron chi connectivity index (χ3n) is 4.35. The first-order chi connectivity index (χ1) is 11.3. The van der Waals surface area contributed by atoms with Gasteiger partial charge in [-0.25, -0.2) is 5.01 Å². The highest BCUT2D eigenvalue weighted by Gasteiger charge is 2.46. The van der Waals surface area contributed by atoms with Crippen LogP contribution < -0.4 is 5.43 Å². The lowest BCUT2D eigenvalue weighted by Gasteiger charge is -2.29. The van der Waals surface area contributed by atoms with Gasteiger partial charge in [-0.2, -0.15) is 13.2 Å². The Kier molecular flexibility index (Phi) is 4.25. The molecule has 0 aromatic heterocycles. The average molecular weight is 336 g/mol. The number of hydrogen-bond acceptors (Lipinski definition) is 2. The second-order valence-corrected chi connectivity index (χ2v) is 6.41. The smallest absolute Gasteiger partial charge is 0.288 e. The summed E-state index contributed by atoms with van der Waals surface area (Å²) >= 11 is 0. The Morgan fingerprint density at radius 3 is 2.50 bits per heavy atom. The van der Waals surface area contributed by atoms with Gasteiger partial charge in [-0.05, 0) is 33.9 Å². The van der Waals surface area contributed by atoms with E-state index in [0.717, 1.165) is 21.3 Å². The lowest BCUT2D eigenvalue weighted by Crippen LogP contribution is -2.43. The first kappa shape index (κ1) is 16.8. The Bertz CT molecular complexity index is 770. The number of nitrogens with one attached hydrogen (secondary N) is 1. The minimum absolute atomic E-state index is 0.0485. The van der Waals surface area contributed by atoms with E-state index >= 15 is 0 Å². The molecule has 6 heteroatoms. The van der Waals surface area contributed by atoms with E-state index in [2.05, 4.69) is 5.43 Å². The van der Waals surface area contributed by atoms with Crippen LogP contribution in [0.3, 0.4) is 0 Å². The molecule has 3 rings (SSSR count). The summed E-state index contributed by atoms with van der Waals surface area (Å²) in [6, 6.07) is 8.73. The Morgan fingerprint density at radius 1 is 1.17 bits per heavy atom. The van der Waals surface area contributed by atoms with Crippen molar-refractivity contribution in [3.05, 3.63) is 47.5 Å². The van der Waals surface area contributed by atoms with E-state index in [9.17, 15) is 18.0 Å². The highest BCUT2D eigenvalue weighted by Crippen LogP contribution is 2.39. The highest BCUT2D eigenvalue weighted by atomic mass is 19.4. The lowest BCUT2D eigenvalue weighted by atomic mass is 9.93. The third kappa shape index (κ3) is 3.11. The molecule has 0 radical (unpaired) electrons. The maximum Gasteiger partial charge on any atom is 0.409 e. The van der Waals surface area contributed by atoms with Crippen LogP contribution in [-0.2, 0) is 4.79 Å². The minimum Gasteiger partial charge on any atom is -0.288 e. The number of rotatable bonds is 3. The summed E-state index contributed by atoms with van der Waals surface area (Å²) in [7, 11) is 0. The van der Waals surface area contributed by atoms with Gasteiger partial charge in [0.1, 0.15) is 6.04 Å². The maximum atomic E-state index is 13.7. The van der Waals surface area contributed by atoms with Crippen LogP contribution in [0.5, 0.6) is 0 Å². The molecule has 1 aliphatic heterocycles. The van der Waals surface area contributed by atoms with Gasteiger partial charge in [-0.3, -0.25) is 10.2 Å². The number of alkyl halides is 3. The van der Waals surface area contributed by atoms with Gasteiger partial charge in [0, 0.05) is 13.0 Å². The van der Waals surface area contributed by atoms with E-state index < -0.39 is 12.2 Å². The number of fused-ring (bicyclic) bond motifs is 1. The summed E-state index contributed by atoms with van der Waals surface area (Å²) in [5.74, 6) is -0.173. The number of nitrogens with zero attached hydrogens (tertiary/aromatic N) is 1. The molecule has 1 amide bonds. The van der Waals surface area contributed by atoms with Crippen LogP contribution in [0, 0.1) is 0 Å². The van der Waals surface area contributed by atoms with E-state index in [4.69, 9.17) is 0 Å². The molecule has 1 fully saturated rings. The van der Waals surface area contributed by atoms with Gasteiger partial charge in [0.15, 0.2) is 0 Å². The van der Waals surface area contributed by atoms with E-state index in [1.165, 1.54) is 6.07 Å². The van der Waals surface area contributed by atoms with E-state index in [0.29, 0.717) is 0 Å². The van der Waals surface area contributed by atoms with Gasteiger partial charge in [0.2, 0.25) is 5.91 Å². The van der Waals surface area contributed by atoms with Gasteiger partial charge in [-0.15, -0.1) is 0 Å². The SMILES string of the molecule is CC(C)c1cccc2ccc(C(N3CCC(=O)N3)C(F)(F)F)cc12. The molecule has 1 unspecified atom stereocenters. The summed E-state index contributed by atoms with van der Waals surface area (Å²) in [6.07, 6.45) is -4.39. The molecule has 24 heavy (non-hydrogen) atoms. The zero-order valence-electron chi connectivity index (χ0n) is 13.5. The van der Waals surface area contributed by atoms with Crippen molar-refractivity contribution < 1.29 is 18.0 Å². The number of carbonyl (C=O) groups is 1. The predicted molar refractivity (Wildman–Crippen MR) is 86.3 cm³/mol. The minimum atomic E-state index is -4.47. The van der Waals surface area contributed by atoms with E-state index in [-0.39, 0.29) is 30.4 Å². The summed E-state index contributed by atoms with van der Waals surface area (Å²) in [4.78, 5) is 11.4. The Balaban J connectivity index is 2.11. The fourth-order valence-corrected chi connectivity index (χ4v) is 3.22. The highest BCUT2D eigenvalue weighted by molar-refractivity contribution is 5.87. The quantitative estimate of drug-likeness (QED) is 0.906. The predicted octanol–water partition coefficient (Wildman–Crippen LogP) is 4.30. The molecule has 1 atom stereocenters. The molecule has 0 bridgehead atoms. The molecular formula is C18H19F3N2O. The fourth-order valence-electron chi connectivity index (χ4n) is 3.22. The molecule has 2 aromatic carbocycles. The van der Waals surface area contributed by atoms with Crippen molar-refractivity contribution in [3.63, 3.8) is 0 Å². The molecule has 0 saturated carbocycles. The summed E-state index contributed by atoms with van der Waals surface area (Å²) in [6.45, 7) is 4.08. The van der Waals surface area contributed by atoms with Crippen molar-refractivity contribution in [2.75, 3.05) is 6.54 Å². The van der Waals surface area contributed by atoms with Gasteiger partial charge >= 0.3 is 6.18 Å².